The van der Waals surface area contributed by atoms with Crippen LogP contribution in [0.4, 0.5) is 0 Å². The van der Waals surface area contributed by atoms with Crippen molar-refractivity contribution in [2.45, 2.75) is 38.5 Å². The molecular formula is C24H26N2O2. The molecule has 4 aliphatic carbocycles. The van der Waals surface area contributed by atoms with Crippen LogP contribution in [0.3, 0.4) is 0 Å². The van der Waals surface area contributed by atoms with Crippen LogP contribution < -0.4 is 10.2 Å². The Morgan fingerprint density at radius 2 is 1.57 bits per heavy atom. The number of nitrogens with zero attached hydrogens (tertiary/aromatic N) is 1. The highest BCUT2D eigenvalue weighted by molar-refractivity contribution is 5.86. The fraction of sp³-hybridized carbons (Fsp3) is 0.417. The molecule has 4 aliphatic rings. The topological polar surface area (TPSA) is 50.7 Å². The van der Waals surface area contributed by atoms with Crippen LogP contribution in [-0.2, 0) is 4.79 Å². The summed E-state index contributed by atoms with van der Waals surface area (Å²) in [6.45, 7) is 0. The number of carbonyl (C=O) groups is 1. The molecule has 0 aliphatic heterocycles. The number of hydrogen-bond acceptors (Lipinski definition) is 3. The van der Waals surface area contributed by atoms with Gasteiger partial charge in [0, 0.05) is 0 Å². The van der Waals surface area contributed by atoms with Crippen molar-refractivity contribution in [1.82, 2.24) is 5.43 Å². The van der Waals surface area contributed by atoms with Gasteiger partial charge in [-0.05, 0) is 86.1 Å². The lowest BCUT2D eigenvalue weighted by atomic mass is 9.49. The Hall–Kier alpha value is -2.62. The fourth-order valence-electron chi connectivity index (χ4n) is 5.96. The Labute approximate surface area is 166 Å². The molecule has 4 nitrogen and oxygen atoms in total. The Balaban J connectivity index is 1.23. The molecule has 0 heterocycles. The van der Waals surface area contributed by atoms with Crippen LogP contribution in [0.15, 0.2) is 59.7 Å². The summed E-state index contributed by atoms with van der Waals surface area (Å²) < 4.78 is 5.86. The number of ether oxygens (including phenoxy) is 1. The average molecular weight is 374 g/mol. The van der Waals surface area contributed by atoms with E-state index in [-0.39, 0.29) is 11.3 Å². The van der Waals surface area contributed by atoms with E-state index in [1.165, 1.54) is 19.3 Å². The van der Waals surface area contributed by atoms with Gasteiger partial charge in [-0.3, -0.25) is 4.79 Å². The lowest BCUT2D eigenvalue weighted by Crippen LogP contribution is -2.52. The van der Waals surface area contributed by atoms with Gasteiger partial charge in [0.05, 0.1) is 11.6 Å². The second-order valence-corrected chi connectivity index (χ2v) is 8.88. The van der Waals surface area contributed by atoms with E-state index in [9.17, 15) is 4.79 Å². The van der Waals surface area contributed by atoms with Crippen LogP contribution in [0.1, 0.15) is 44.1 Å². The van der Waals surface area contributed by atoms with E-state index in [1.807, 2.05) is 54.6 Å². The van der Waals surface area contributed by atoms with Gasteiger partial charge in [0.1, 0.15) is 11.5 Å². The molecule has 0 aromatic heterocycles. The first-order valence-corrected chi connectivity index (χ1v) is 10.3. The molecule has 0 radical (unpaired) electrons. The lowest BCUT2D eigenvalue weighted by molar-refractivity contribution is -0.146. The van der Waals surface area contributed by atoms with Gasteiger partial charge in [-0.1, -0.05) is 30.3 Å². The number of carbonyl (C=O) groups excluding carboxylic acids is 1. The predicted octanol–water partition coefficient (Wildman–Crippen LogP) is 5.15. The molecule has 1 amide bonds. The minimum absolute atomic E-state index is 0.125. The minimum atomic E-state index is -0.162. The van der Waals surface area contributed by atoms with E-state index in [1.54, 1.807) is 6.21 Å². The Morgan fingerprint density at radius 1 is 0.929 bits per heavy atom. The van der Waals surface area contributed by atoms with Crippen molar-refractivity contribution in [2.75, 3.05) is 0 Å². The Bertz CT molecular complexity index is 855. The average Bonchev–Trinajstić information content (AvgIpc) is 2.68. The van der Waals surface area contributed by atoms with Crippen molar-refractivity contribution in [1.29, 1.82) is 0 Å². The maximum Gasteiger partial charge on any atom is 0.246 e. The first-order valence-electron chi connectivity index (χ1n) is 10.3. The lowest BCUT2D eigenvalue weighted by Gasteiger charge is -2.55. The van der Waals surface area contributed by atoms with Crippen LogP contribution in [0.25, 0.3) is 0 Å². The van der Waals surface area contributed by atoms with Gasteiger partial charge < -0.3 is 4.74 Å². The van der Waals surface area contributed by atoms with Crippen molar-refractivity contribution < 1.29 is 9.53 Å². The van der Waals surface area contributed by atoms with Crippen molar-refractivity contribution in [3.63, 3.8) is 0 Å². The fourth-order valence-corrected chi connectivity index (χ4v) is 5.96. The first-order chi connectivity index (χ1) is 13.7. The van der Waals surface area contributed by atoms with Gasteiger partial charge in [0.15, 0.2) is 0 Å². The molecule has 4 bridgehead atoms. The number of hydrogen-bond donors (Lipinski definition) is 1. The minimum Gasteiger partial charge on any atom is -0.457 e. The summed E-state index contributed by atoms with van der Waals surface area (Å²) in [4.78, 5) is 12.9. The third kappa shape index (κ3) is 3.44. The quantitative estimate of drug-likeness (QED) is 0.581. The third-order valence-electron chi connectivity index (χ3n) is 6.74. The molecule has 4 saturated carbocycles. The highest BCUT2D eigenvalue weighted by Gasteiger charge is 2.54. The smallest absolute Gasteiger partial charge is 0.246 e. The van der Waals surface area contributed by atoms with E-state index in [0.29, 0.717) is 0 Å². The normalized spacial score (nSPS) is 30.5. The highest BCUT2D eigenvalue weighted by atomic mass is 16.5. The summed E-state index contributed by atoms with van der Waals surface area (Å²) in [6.07, 6.45) is 8.89. The van der Waals surface area contributed by atoms with E-state index in [2.05, 4.69) is 10.5 Å². The predicted molar refractivity (Wildman–Crippen MR) is 109 cm³/mol. The zero-order chi connectivity index (χ0) is 19.0. The summed E-state index contributed by atoms with van der Waals surface area (Å²) in [5.41, 5.74) is 3.59. The molecule has 0 atom stereocenters. The molecular weight excluding hydrogens is 348 g/mol. The van der Waals surface area contributed by atoms with Gasteiger partial charge in [-0.15, -0.1) is 0 Å². The highest BCUT2D eigenvalue weighted by Crippen LogP contribution is 2.60. The zero-order valence-electron chi connectivity index (χ0n) is 16.0. The summed E-state index contributed by atoms with van der Waals surface area (Å²) in [5.74, 6) is 3.95. The van der Waals surface area contributed by atoms with Gasteiger partial charge in [-0.2, -0.15) is 5.10 Å². The van der Waals surface area contributed by atoms with Crippen molar-refractivity contribution in [3.8, 4) is 11.5 Å². The third-order valence-corrected chi connectivity index (χ3v) is 6.74. The molecule has 28 heavy (non-hydrogen) atoms. The van der Waals surface area contributed by atoms with E-state index in [0.717, 1.165) is 54.1 Å². The monoisotopic (exact) mass is 374 g/mol. The number of para-hydroxylation sites is 1. The Kier molecular flexibility index (Phi) is 4.42. The van der Waals surface area contributed by atoms with E-state index < -0.39 is 0 Å². The molecule has 144 valence electrons. The van der Waals surface area contributed by atoms with Gasteiger partial charge in [0.25, 0.3) is 0 Å². The van der Waals surface area contributed by atoms with Crippen LogP contribution in [0.5, 0.6) is 11.5 Å². The second kappa shape index (κ2) is 7.08. The van der Waals surface area contributed by atoms with Crippen LogP contribution in [0.2, 0.25) is 0 Å². The first kappa shape index (κ1) is 17.5. The molecule has 4 fully saturated rings. The van der Waals surface area contributed by atoms with Crippen molar-refractivity contribution >= 4 is 12.1 Å². The van der Waals surface area contributed by atoms with Crippen LogP contribution in [0, 0.1) is 23.2 Å². The molecule has 6 rings (SSSR count). The molecule has 4 heteroatoms. The number of benzene rings is 2. The molecule has 0 unspecified atom stereocenters. The number of nitrogens with one attached hydrogen (secondary N) is 1. The van der Waals surface area contributed by atoms with Crippen LogP contribution >= 0.6 is 0 Å². The maximum absolute atomic E-state index is 12.9. The molecule has 0 spiro atoms. The van der Waals surface area contributed by atoms with Gasteiger partial charge in [-0.25, -0.2) is 5.43 Å². The van der Waals surface area contributed by atoms with E-state index >= 15 is 0 Å². The van der Waals surface area contributed by atoms with E-state index in [4.69, 9.17) is 4.74 Å². The maximum atomic E-state index is 12.9. The van der Waals surface area contributed by atoms with Crippen LogP contribution in [-0.4, -0.2) is 12.1 Å². The molecule has 1 N–H and O–H groups in total. The number of hydrazone groups is 1. The van der Waals surface area contributed by atoms with Crippen molar-refractivity contribution in [3.05, 3.63) is 60.2 Å². The Morgan fingerprint density at radius 3 is 2.25 bits per heavy atom. The summed E-state index contributed by atoms with van der Waals surface area (Å²) >= 11 is 0. The molecule has 0 saturated heterocycles. The van der Waals surface area contributed by atoms with Crippen molar-refractivity contribution in [2.24, 2.45) is 28.3 Å². The standard InChI is InChI=1S/C24H26N2O2/c27-23(24-13-18-9-19(14-24)11-20(10-18)15-24)26-25-16-17-5-4-8-22(12-17)28-21-6-2-1-3-7-21/h1-8,12,16,18-20H,9-11,13-15H2,(H,26,27)/b25-16-. The molecule has 2 aromatic carbocycles. The number of amides is 1. The summed E-state index contributed by atoms with van der Waals surface area (Å²) in [6, 6.07) is 17.4. The molecule has 2 aromatic rings. The van der Waals surface area contributed by atoms with Gasteiger partial charge >= 0.3 is 0 Å². The summed E-state index contributed by atoms with van der Waals surface area (Å²) in [7, 11) is 0. The zero-order valence-corrected chi connectivity index (χ0v) is 16.0. The summed E-state index contributed by atoms with van der Waals surface area (Å²) in [5, 5.41) is 4.27. The van der Waals surface area contributed by atoms with Gasteiger partial charge in [0.2, 0.25) is 5.91 Å². The largest absolute Gasteiger partial charge is 0.457 e. The number of rotatable bonds is 5. The second-order valence-electron chi connectivity index (χ2n) is 8.88. The SMILES string of the molecule is O=C(N/N=C\c1cccc(Oc2ccccc2)c1)C12CC3CC(CC(C3)C1)C2.